The van der Waals surface area contributed by atoms with Crippen LogP contribution in [0.25, 0.3) is 5.76 Å². The van der Waals surface area contributed by atoms with E-state index in [9.17, 15) is 14.7 Å². The number of amides is 1. The van der Waals surface area contributed by atoms with Gasteiger partial charge in [0.25, 0.3) is 11.7 Å². The number of rotatable bonds is 6. The van der Waals surface area contributed by atoms with Crippen molar-refractivity contribution < 1.29 is 24.2 Å². The number of ketones is 1. The fraction of sp³-hybridized carbons (Fsp3) is 0.286. The lowest BCUT2D eigenvalue weighted by Gasteiger charge is -2.24. The van der Waals surface area contributed by atoms with Crippen LogP contribution >= 0.6 is 23.2 Å². The average molecular weight is 451 g/mol. The standard InChI is InChI=1S/C21H20Cl2N2O5/c1-4-9-25-16(13-7-5-6-8-24-13)14(18(27)21(25)28)17(26)11-10-12(22)20(30-3)15(23)19(11)29-2/h5-8,10,16,26H,4,9H2,1-3H3/b17-14+. The maximum atomic E-state index is 12.9. The summed E-state index contributed by atoms with van der Waals surface area (Å²) in [5.74, 6) is -1.75. The summed E-state index contributed by atoms with van der Waals surface area (Å²) in [6.45, 7) is 2.21. The molecule has 1 amide bonds. The minimum absolute atomic E-state index is 0.0335. The number of carbonyl (C=O) groups is 2. The Balaban J connectivity index is 2.29. The zero-order chi connectivity index (χ0) is 22.0. The van der Waals surface area contributed by atoms with Gasteiger partial charge in [-0.25, -0.2) is 0 Å². The number of benzene rings is 1. The van der Waals surface area contributed by atoms with Gasteiger partial charge in [-0.15, -0.1) is 0 Å². The molecule has 0 radical (unpaired) electrons. The smallest absolute Gasteiger partial charge is 0.295 e. The molecule has 1 aliphatic rings. The number of methoxy groups -OCH3 is 2. The van der Waals surface area contributed by atoms with Gasteiger partial charge in [-0.3, -0.25) is 14.6 Å². The summed E-state index contributed by atoms with van der Waals surface area (Å²) in [6.07, 6.45) is 2.18. The molecule has 0 spiro atoms. The van der Waals surface area contributed by atoms with Gasteiger partial charge in [-0.1, -0.05) is 36.2 Å². The monoisotopic (exact) mass is 450 g/mol. The van der Waals surface area contributed by atoms with Crippen LogP contribution in [0.3, 0.4) is 0 Å². The third-order valence-corrected chi connectivity index (χ3v) is 5.39. The van der Waals surface area contributed by atoms with Gasteiger partial charge in [-0.2, -0.15) is 0 Å². The molecule has 3 rings (SSSR count). The number of ether oxygens (including phenoxy) is 2. The average Bonchev–Trinajstić information content (AvgIpc) is 2.99. The third kappa shape index (κ3) is 3.59. The first-order chi connectivity index (χ1) is 14.4. The lowest BCUT2D eigenvalue weighted by Crippen LogP contribution is -2.30. The van der Waals surface area contributed by atoms with Crippen molar-refractivity contribution in [2.75, 3.05) is 20.8 Å². The van der Waals surface area contributed by atoms with E-state index in [2.05, 4.69) is 4.98 Å². The molecule has 1 atom stereocenters. The summed E-state index contributed by atoms with van der Waals surface area (Å²) in [6, 6.07) is 5.69. The quantitative estimate of drug-likeness (QED) is 0.402. The van der Waals surface area contributed by atoms with Crippen molar-refractivity contribution in [3.63, 3.8) is 0 Å². The van der Waals surface area contributed by atoms with E-state index in [-0.39, 0.29) is 32.7 Å². The summed E-state index contributed by atoms with van der Waals surface area (Å²) in [4.78, 5) is 31.3. The van der Waals surface area contributed by atoms with Crippen molar-refractivity contribution in [2.24, 2.45) is 0 Å². The summed E-state index contributed by atoms with van der Waals surface area (Å²) >= 11 is 12.6. The highest BCUT2D eigenvalue weighted by molar-refractivity contribution is 6.47. The lowest BCUT2D eigenvalue weighted by atomic mass is 9.97. The zero-order valence-electron chi connectivity index (χ0n) is 16.6. The fourth-order valence-corrected chi connectivity index (χ4v) is 4.18. The molecule has 1 aromatic heterocycles. The number of aromatic nitrogens is 1. The number of nitrogens with zero attached hydrogens (tertiary/aromatic N) is 2. The Kier molecular flexibility index (Phi) is 6.53. The lowest BCUT2D eigenvalue weighted by molar-refractivity contribution is -0.139. The van der Waals surface area contributed by atoms with E-state index in [1.807, 2.05) is 6.92 Å². The van der Waals surface area contributed by atoms with Crippen LogP contribution in [0.1, 0.15) is 30.6 Å². The molecule has 1 aromatic carbocycles. The first-order valence-corrected chi connectivity index (χ1v) is 9.92. The first kappa shape index (κ1) is 21.9. The first-order valence-electron chi connectivity index (χ1n) is 9.16. The summed E-state index contributed by atoms with van der Waals surface area (Å²) in [5.41, 5.74) is 0.419. The molecule has 2 heterocycles. The van der Waals surface area contributed by atoms with Gasteiger partial charge in [0.2, 0.25) is 0 Å². The van der Waals surface area contributed by atoms with E-state index in [1.165, 1.54) is 25.2 Å². The SMILES string of the molecule is CCCN1C(=O)C(=O)/C(=C(/O)c2cc(Cl)c(OC)c(Cl)c2OC)C1c1ccccn1. The van der Waals surface area contributed by atoms with Crippen molar-refractivity contribution in [2.45, 2.75) is 19.4 Å². The molecule has 2 aromatic rings. The molecule has 0 saturated carbocycles. The second-order valence-electron chi connectivity index (χ2n) is 6.53. The van der Waals surface area contributed by atoms with Gasteiger partial charge < -0.3 is 19.5 Å². The molecule has 1 unspecified atom stereocenters. The van der Waals surface area contributed by atoms with E-state index in [0.29, 0.717) is 18.7 Å². The van der Waals surface area contributed by atoms with Crippen LogP contribution in [0.5, 0.6) is 11.5 Å². The molecule has 7 nitrogen and oxygen atoms in total. The number of hydrogen-bond acceptors (Lipinski definition) is 6. The highest BCUT2D eigenvalue weighted by atomic mass is 35.5. The second-order valence-corrected chi connectivity index (χ2v) is 7.32. The zero-order valence-corrected chi connectivity index (χ0v) is 18.1. The number of halogens is 2. The van der Waals surface area contributed by atoms with Gasteiger partial charge in [0.15, 0.2) is 11.5 Å². The van der Waals surface area contributed by atoms with Gasteiger partial charge in [0.05, 0.1) is 36.1 Å². The van der Waals surface area contributed by atoms with Crippen LogP contribution in [0.4, 0.5) is 0 Å². The van der Waals surface area contributed by atoms with Gasteiger partial charge in [0.1, 0.15) is 16.8 Å². The fourth-order valence-electron chi connectivity index (χ4n) is 3.49. The van der Waals surface area contributed by atoms with E-state index < -0.39 is 23.5 Å². The van der Waals surface area contributed by atoms with Crippen molar-refractivity contribution in [3.8, 4) is 11.5 Å². The Morgan fingerprint density at radius 2 is 1.90 bits per heavy atom. The maximum Gasteiger partial charge on any atom is 0.295 e. The second kappa shape index (κ2) is 8.93. The summed E-state index contributed by atoms with van der Waals surface area (Å²) in [7, 11) is 2.75. The van der Waals surface area contributed by atoms with Gasteiger partial charge in [0, 0.05) is 12.7 Å². The largest absolute Gasteiger partial charge is 0.507 e. The number of aliphatic hydroxyl groups excluding tert-OH is 1. The number of Topliss-reactive ketones (excluding diaryl/α,β-unsaturated/α-hetero) is 1. The molecule has 1 fully saturated rings. The Morgan fingerprint density at radius 1 is 1.20 bits per heavy atom. The van der Waals surface area contributed by atoms with Crippen LogP contribution in [0, 0.1) is 0 Å². The predicted molar refractivity (Wildman–Crippen MR) is 113 cm³/mol. The number of pyridine rings is 1. The molecule has 30 heavy (non-hydrogen) atoms. The molecular weight excluding hydrogens is 431 g/mol. The predicted octanol–water partition coefficient (Wildman–Crippen LogP) is 4.24. The van der Waals surface area contributed by atoms with Gasteiger partial charge >= 0.3 is 0 Å². The molecule has 9 heteroatoms. The van der Waals surface area contributed by atoms with Crippen molar-refractivity contribution in [3.05, 3.63) is 57.3 Å². The normalized spacial score (nSPS) is 18.0. The summed E-state index contributed by atoms with van der Waals surface area (Å²) < 4.78 is 10.5. The van der Waals surface area contributed by atoms with Crippen molar-refractivity contribution in [1.29, 1.82) is 0 Å². The highest BCUT2D eigenvalue weighted by Crippen LogP contribution is 2.47. The topological polar surface area (TPSA) is 89.0 Å². The van der Waals surface area contributed by atoms with E-state index in [4.69, 9.17) is 32.7 Å². The number of likely N-dealkylation sites (tertiary alicyclic amines) is 1. The highest BCUT2D eigenvalue weighted by Gasteiger charge is 2.46. The minimum Gasteiger partial charge on any atom is -0.507 e. The minimum atomic E-state index is -0.851. The Morgan fingerprint density at radius 3 is 2.47 bits per heavy atom. The van der Waals surface area contributed by atoms with Crippen LogP contribution in [0.15, 0.2) is 36.0 Å². The van der Waals surface area contributed by atoms with Crippen LogP contribution < -0.4 is 9.47 Å². The molecule has 158 valence electrons. The van der Waals surface area contributed by atoms with E-state index in [0.717, 1.165) is 0 Å². The maximum absolute atomic E-state index is 12.9. The van der Waals surface area contributed by atoms with Crippen LogP contribution in [-0.4, -0.2) is 47.4 Å². The Bertz CT molecular complexity index is 1020. The molecule has 1 saturated heterocycles. The van der Waals surface area contributed by atoms with E-state index >= 15 is 0 Å². The molecular formula is C21H20Cl2N2O5. The van der Waals surface area contributed by atoms with Crippen molar-refractivity contribution >= 4 is 40.7 Å². The van der Waals surface area contributed by atoms with Crippen LogP contribution in [-0.2, 0) is 9.59 Å². The van der Waals surface area contributed by atoms with Crippen molar-refractivity contribution in [1.82, 2.24) is 9.88 Å². The van der Waals surface area contributed by atoms with E-state index in [1.54, 1.807) is 24.4 Å². The number of hydrogen-bond donors (Lipinski definition) is 1. The Labute approximate surface area is 183 Å². The molecule has 1 N–H and O–H groups in total. The third-order valence-electron chi connectivity index (χ3n) is 4.77. The molecule has 0 bridgehead atoms. The van der Waals surface area contributed by atoms with Gasteiger partial charge in [-0.05, 0) is 24.6 Å². The molecule has 1 aliphatic heterocycles. The molecule has 0 aliphatic carbocycles. The Hall–Kier alpha value is -2.77. The van der Waals surface area contributed by atoms with Crippen LogP contribution in [0.2, 0.25) is 10.0 Å². The number of aliphatic hydroxyl groups is 1. The number of carbonyl (C=O) groups excluding carboxylic acids is 2. The summed E-state index contributed by atoms with van der Waals surface area (Å²) in [5, 5.41) is 11.3.